The molecule has 29 heavy (non-hydrogen) atoms. The summed E-state index contributed by atoms with van der Waals surface area (Å²) in [7, 11) is 1.82. The van der Waals surface area contributed by atoms with Crippen molar-refractivity contribution in [3.05, 3.63) is 47.6 Å². The van der Waals surface area contributed by atoms with Crippen LogP contribution in [-0.4, -0.2) is 59.1 Å². The van der Waals surface area contributed by atoms with Gasteiger partial charge in [0.05, 0.1) is 6.54 Å². The van der Waals surface area contributed by atoms with Crippen molar-refractivity contribution in [2.45, 2.75) is 52.1 Å². The maximum atomic E-state index is 5.37. The molecule has 0 radical (unpaired) electrons. The summed E-state index contributed by atoms with van der Waals surface area (Å²) in [6, 6.07) is 11.3. The molecular weight excluding hydrogens is 364 g/mol. The fourth-order valence-corrected chi connectivity index (χ4v) is 3.75. The van der Waals surface area contributed by atoms with Crippen LogP contribution >= 0.6 is 0 Å². The molecule has 1 unspecified atom stereocenters. The molecule has 1 fully saturated rings. The number of nitrogens with zero attached hydrogens (tertiary/aromatic N) is 5. The molecule has 2 heterocycles. The molecule has 1 atom stereocenters. The highest BCUT2D eigenvalue weighted by atomic mass is 16.5. The molecule has 3 rings (SSSR count). The van der Waals surface area contributed by atoms with Crippen LogP contribution in [0.1, 0.15) is 57.4 Å². The first-order valence-electron chi connectivity index (χ1n) is 10.5. The van der Waals surface area contributed by atoms with Crippen molar-refractivity contribution in [1.82, 2.24) is 25.3 Å². The summed E-state index contributed by atoms with van der Waals surface area (Å²) in [4.78, 5) is 13.8. The molecular formula is C22H34N6O. The van der Waals surface area contributed by atoms with Crippen LogP contribution < -0.4 is 5.32 Å². The Bertz CT molecular complexity index is 787. The van der Waals surface area contributed by atoms with E-state index in [2.05, 4.69) is 88.3 Å². The van der Waals surface area contributed by atoms with E-state index in [1.165, 1.54) is 5.56 Å². The molecule has 2 aromatic rings. The third-order valence-electron chi connectivity index (χ3n) is 5.35. The van der Waals surface area contributed by atoms with Crippen LogP contribution in [0.3, 0.4) is 0 Å². The van der Waals surface area contributed by atoms with E-state index in [1.807, 2.05) is 7.05 Å². The van der Waals surface area contributed by atoms with Gasteiger partial charge in [0.2, 0.25) is 5.89 Å². The Kier molecular flexibility index (Phi) is 6.90. The molecule has 1 aromatic carbocycles. The summed E-state index contributed by atoms with van der Waals surface area (Å²) in [5.41, 5.74) is 1.26. The Morgan fingerprint density at radius 1 is 1.17 bits per heavy atom. The Hall–Kier alpha value is -2.41. The number of aromatic nitrogens is 2. The van der Waals surface area contributed by atoms with Crippen molar-refractivity contribution >= 4 is 5.96 Å². The maximum absolute atomic E-state index is 5.37. The number of aliphatic imine (C=N–C) groups is 1. The van der Waals surface area contributed by atoms with E-state index in [9.17, 15) is 0 Å². The molecule has 0 amide bonds. The van der Waals surface area contributed by atoms with Crippen molar-refractivity contribution in [2.75, 3.05) is 33.2 Å². The van der Waals surface area contributed by atoms with Gasteiger partial charge in [0.15, 0.2) is 11.8 Å². The zero-order valence-electron chi connectivity index (χ0n) is 18.4. The van der Waals surface area contributed by atoms with E-state index in [0.717, 1.165) is 38.6 Å². The highest BCUT2D eigenvalue weighted by molar-refractivity contribution is 5.79. The van der Waals surface area contributed by atoms with Gasteiger partial charge < -0.3 is 14.7 Å². The summed E-state index contributed by atoms with van der Waals surface area (Å²) in [6.45, 7) is 12.9. The molecule has 0 saturated carbocycles. The van der Waals surface area contributed by atoms with Crippen molar-refractivity contribution in [1.29, 1.82) is 0 Å². The highest BCUT2D eigenvalue weighted by Crippen LogP contribution is 2.25. The number of hydrogen-bond acceptors (Lipinski definition) is 5. The second kappa shape index (κ2) is 9.39. The van der Waals surface area contributed by atoms with E-state index in [-0.39, 0.29) is 5.41 Å². The van der Waals surface area contributed by atoms with E-state index in [4.69, 9.17) is 4.52 Å². The lowest BCUT2D eigenvalue weighted by molar-refractivity contribution is 0.127. The quantitative estimate of drug-likeness (QED) is 0.616. The maximum Gasteiger partial charge on any atom is 0.232 e. The molecule has 1 saturated heterocycles. The lowest BCUT2D eigenvalue weighted by Crippen LogP contribution is -2.53. The van der Waals surface area contributed by atoms with Crippen molar-refractivity contribution < 1.29 is 4.52 Å². The van der Waals surface area contributed by atoms with Gasteiger partial charge in [-0.2, -0.15) is 4.98 Å². The number of hydrogen-bond donors (Lipinski definition) is 1. The van der Waals surface area contributed by atoms with Crippen LogP contribution in [0.2, 0.25) is 0 Å². The Morgan fingerprint density at radius 2 is 1.86 bits per heavy atom. The van der Waals surface area contributed by atoms with Gasteiger partial charge in [-0.1, -0.05) is 63.2 Å². The standard InChI is InChI=1S/C22H34N6O/c1-6-18(17-10-8-7-9-11-17)27-12-14-28(15-13-27)21(23-5)24-16-19-25-20(29-26-19)22(2,3)4/h7-11,18H,6,12-16H2,1-5H3,(H,23,24). The molecule has 7 heteroatoms. The van der Waals surface area contributed by atoms with E-state index in [0.29, 0.717) is 24.3 Å². The first-order chi connectivity index (χ1) is 13.9. The molecule has 1 N–H and O–H groups in total. The summed E-state index contributed by atoms with van der Waals surface area (Å²) < 4.78 is 5.37. The minimum Gasteiger partial charge on any atom is -0.349 e. The number of piperazine rings is 1. The van der Waals surface area contributed by atoms with Crippen LogP contribution in [0.4, 0.5) is 0 Å². The normalized spacial score (nSPS) is 17.4. The molecule has 0 aliphatic carbocycles. The zero-order valence-corrected chi connectivity index (χ0v) is 18.4. The summed E-state index contributed by atoms with van der Waals surface area (Å²) in [6.07, 6.45) is 1.12. The largest absolute Gasteiger partial charge is 0.349 e. The predicted octanol–water partition coefficient (Wildman–Crippen LogP) is 3.21. The summed E-state index contributed by atoms with van der Waals surface area (Å²) in [5, 5.41) is 7.47. The van der Waals surface area contributed by atoms with Gasteiger partial charge in [-0.05, 0) is 12.0 Å². The number of rotatable bonds is 5. The first kappa shape index (κ1) is 21.3. The molecule has 158 valence electrons. The second-order valence-electron chi connectivity index (χ2n) is 8.52. The van der Waals surface area contributed by atoms with Gasteiger partial charge in [-0.25, -0.2) is 0 Å². The molecule has 7 nitrogen and oxygen atoms in total. The highest BCUT2D eigenvalue weighted by Gasteiger charge is 2.26. The fourth-order valence-electron chi connectivity index (χ4n) is 3.75. The summed E-state index contributed by atoms with van der Waals surface area (Å²) in [5.74, 6) is 2.20. The minimum atomic E-state index is -0.141. The van der Waals surface area contributed by atoms with Gasteiger partial charge >= 0.3 is 0 Å². The predicted molar refractivity (Wildman–Crippen MR) is 116 cm³/mol. The van der Waals surface area contributed by atoms with Gasteiger partial charge in [0.1, 0.15) is 0 Å². The SMILES string of the molecule is CCC(c1ccccc1)N1CCN(C(=NC)NCc2noc(C(C)(C)C)n2)CC1. The zero-order chi connectivity index (χ0) is 20.9. The number of nitrogens with one attached hydrogen (secondary N) is 1. The number of guanidine groups is 1. The van der Waals surface area contributed by atoms with Crippen LogP contribution in [0.5, 0.6) is 0 Å². The van der Waals surface area contributed by atoms with Crippen molar-refractivity contribution in [3.8, 4) is 0 Å². The summed E-state index contributed by atoms with van der Waals surface area (Å²) >= 11 is 0. The van der Waals surface area contributed by atoms with Crippen LogP contribution in [-0.2, 0) is 12.0 Å². The number of benzene rings is 1. The topological polar surface area (TPSA) is 69.8 Å². The monoisotopic (exact) mass is 398 g/mol. The average Bonchev–Trinajstić information content (AvgIpc) is 3.20. The minimum absolute atomic E-state index is 0.141. The lowest BCUT2D eigenvalue weighted by atomic mass is 9.97. The molecule has 1 aliphatic heterocycles. The van der Waals surface area contributed by atoms with Crippen LogP contribution in [0.25, 0.3) is 0 Å². The first-order valence-corrected chi connectivity index (χ1v) is 10.5. The molecule has 0 spiro atoms. The van der Waals surface area contributed by atoms with Gasteiger partial charge in [-0.15, -0.1) is 0 Å². The van der Waals surface area contributed by atoms with Gasteiger partial charge in [0.25, 0.3) is 0 Å². The van der Waals surface area contributed by atoms with Crippen molar-refractivity contribution in [3.63, 3.8) is 0 Å². The van der Waals surface area contributed by atoms with E-state index in [1.54, 1.807) is 0 Å². The smallest absolute Gasteiger partial charge is 0.232 e. The Morgan fingerprint density at radius 3 is 2.41 bits per heavy atom. The van der Waals surface area contributed by atoms with E-state index >= 15 is 0 Å². The molecule has 1 aromatic heterocycles. The van der Waals surface area contributed by atoms with Crippen molar-refractivity contribution in [2.24, 2.45) is 4.99 Å². The molecule has 1 aliphatic rings. The fraction of sp³-hybridized carbons (Fsp3) is 0.591. The van der Waals surface area contributed by atoms with Crippen LogP contribution in [0, 0.1) is 0 Å². The Labute approximate surface area is 174 Å². The third-order valence-corrected chi connectivity index (χ3v) is 5.35. The second-order valence-corrected chi connectivity index (χ2v) is 8.52. The third kappa shape index (κ3) is 5.35. The average molecular weight is 399 g/mol. The van der Waals surface area contributed by atoms with Crippen LogP contribution in [0.15, 0.2) is 39.8 Å². The van der Waals surface area contributed by atoms with E-state index < -0.39 is 0 Å². The van der Waals surface area contributed by atoms with Gasteiger partial charge in [0, 0.05) is 44.7 Å². The molecule has 0 bridgehead atoms. The Balaban J connectivity index is 1.54. The van der Waals surface area contributed by atoms with Gasteiger partial charge in [-0.3, -0.25) is 9.89 Å². The lowest BCUT2D eigenvalue weighted by Gasteiger charge is -2.40.